The van der Waals surface area contributed by atoms with E-state index in [4.69, 9.17) is 0 Å². The first-order chi connectivity index (χ1) is 13.9. The first kappa shape index (κ1) is 21.3. The van der Waals surface area contributed by atoms with Crippen molar-refractivity contribution in [3.63, 3.8) is 0 Å². The second kappa shape index (κ2) is 6.51. The molecule has 0 heterocycles. The van der Waals surface area contributed by atoms with Gasteiger partial charge in [0.1, 0.15) is 0 Å². The predicted molar refractivity (Wildman–Crippen MR) is 129 cm³/mol. The van der Waals surface area contributed by atoms with Gasteiger partial charge < -0.3 is 0 Å². The van der Waals surface area contributed by atoms with Crippen molar-refractivity contribution >= 4 is 0 Å². The Morgan fingerprint density at radius 2 is 0.933 bits per heavy atom. The molecule has 0 heteroatoms. The number of hydrogen-bond donors (Lipinski definition) is 0. The molecular formula is C30H48. The fourth-order valence-electron chi connectivity index (χ4n) is 10.6. The monoisotopic (exact) mass is 408 g/mol. The predicted octanol–water partition coefficient (Wildman–Crippen LogP) is 8.83. The number of hydrogen-bond acceptors (Lipinski definition) is 0. The van der Waals surface area contributed by atoms with Gasteiger partial charge in [0.25, 0.3) is 0 Å². The molecule has 6 fully saturated rings. The van der Waals surface area contributed by atoms with Crippen LogP contribution in [0.3, 0.4) is 0 Å². The second-order valence-corrected chi connectivity index (χ2v) is 14.2. The highest BCUT2D eigenvalue weighted by molar-refractivity contribution is 5.30. The van der Waals surface area contributed by atoms with Gasteiger partial charge in [-0.05, 0) is 109 Å². The molecule has 6 aliphatic carbocycles. The van der Waals surface area contributed by atoms with E-state index in [0.717, 1.165) is 35.5 Å². The molecule has 0 radical (unpaired) electrons. The van der Waals surface area contributed by atoms with Gasteiger partial charge in [-0.1, -0.05) is 78.7 Å². The summed E-state index contributed by atoms with van der Waals surface area (Å²) in [6.07, 6.45) is 14.4. The Hall–Kier alpha value is -0.520. The van der Waals surface area contributed by atoms with Gasteiger partial charge in [0, 0.05) is 0 Å². The fourth-order valence-corrected chi connectivity index (χ4v) is 10.6. The SMILES string of the molecule is C=C1[C@H]2CC[C@@H]3[C@@H]2C(C)(C)CCC[C@]13C.C=C1[C@H]2CC[C@@H]3[C@@H]2C(C)(C)CCC[C@]13C. The summed E-state index contributed by atoms with van der Waals surface area (Å²) in [4.78, 5) is 0. The lowest BCUT2D eigenvalue weighted by atomic mass is 9.69. The summed E-state index contributed by atoms with van der Waals surface area (Å²) in [5.74, 6) is 5.58. The molecule has 168 valence electrons. The van der Waals surface area contributed by atoms with E-state index in [1.54, 1.807) is 11.1 Å². The summed E-state index contributed by atoms with van der Waals surface area (Å²) >= 11 is 0. The van der Waals surface area contributed by atoms with Crippen molar-refractivity contribution in [3.8, 4) is 0 Å². The summed E-state index contributed by atoms with van der Waals surface area (Å²) in [5, 5.41) is 0. The van der Waals surface area contributed by atoms with Crippen LogP contribution in [0, 0.1) is 57.2 Å². The zero-order valence-electron chi connectivity index (χ0n) is 20.9. The summed E-state index contributed by atoms with van der Waals surface area (Å²) < 4.78 is 0. The molecule has 6 rings (SSSR count). The van der Waals surface area contributed by atoms with E-state index in [1.165, 1.54) is 64.2 Å². The van der Waals surface area contributed by atoms with Crippen molar-refractivity contribution in [1.29, 1.82) is 0 Å². The topological polar surface area (TPSA) is 0 Å². The van der Waals surface area contributed by atoms with Crippen LogP contribution in [-0.2, 0) is 0 Å². The Balaban J connectivity index is 0.000000128. The number of rotatable bonds is 0. The third-order valence-electron chi connectivity index (χ3n) is 12.1. The van der Waals surface area contributed by atoms with Crippen molar-refractivity contribution in [2.45, 2.75) is 106 Å². The van der Waals surface area contributed by atoms with Crippen LogP contribution >= 0.6 is 0 Å². The highest BCUT2D eigenvalue weighted by atomic mass is 14.7. The zero-order chi connectivity index (χ0) is 21.7. The molecule has 0 nitrogen and oxygen atoms in total. The van der Waals surface area contributed by atoms with Crippen molar-refractivity contribution in [2.75, 3.05) is 0 Å². The molecule has 6 aliphatic rings. The summed E-state index contributed by atoms with van der Waals surface area (Å²) in [5.41, 5.74) is 5.42. The van der Waals surface area contributed by atoms with E-state index in [2.05, 4.69) is 54.7 Å². The molecule has 8 atom stereocenters. The molecule has 0 unspecified atom stereocenters. The highest BCUT2D eigenvalue weighted by Gasteiger charge is 2.62. The maximum atomic E-state index is 4.46. The summed E-state index contributed by atoms with van der Waals surface area (Å²) in [6, 6.07) is 0. The van der Waals surface area contributed by atoms with Crippen LogP contribution < -0.4 is 0 Å². The Morgan fingerprint density at radius 1 is 0.567 bits per heavy atom. The van der Waals surface area contributed by atoms with Gasteiger partial charge in [-0.15, -0.1) is 0 Å². The standard InChI is InChI=1S/2C15H24/c2*1-10-11-6-7-12-13(11)14(2,3)8-5-9-15(10,12)4/h2*11-13H,1,5-9H2,2-4H3/t2*11-,12-,13-,15-/m11/s1. The molecule has 0 amide bonds. The van der Waals surface area contributed by atoms with Crippen molar-refractivity contribution in [3.05, 3.63) is 24.3 Å². The summed E-state index contributed by atoms with van der Waals surface area (Å²) in [7, 11) is 0. The molecule has 0 spiro atoms. The maximum Gasteiger partial charge on any atom is -0.00849 e. The molecule has 0 aromatic heterocycles. The van der Waals surface area contributed by atoms with Gasteiger partial charge in [0.2, 0.25) is 0 Å². The lowest BCUT2D eigenvalue weighted by Gasteiger charge is -2.35. The van der Waals surface area contributed by atoms with Gasteiger partial charge in [0.05, 0.1) is 0 Å². The molecule has 6 saturated carbocycles. The van der Waals surface area contributed by atoms with Gasteiger partial charge >= 0.3 is 0 Å². The van der Waals surface area contributed by atoms with Gasteiger partial charge in [-0.25, -0.2) is 0 Å². The minimum atomic E-state index is 0.515. The zero-order valence-corrected chi connectivity index (χ0v) is 20.9. The second-order valence-electron chi connectivity index (χ2n) is 14.2. The van der Waals surface area contributed by atoms with Gasteiger partial charge in [-0.2, -0.15) is 0 Å². The molecule has 0 aliphatic heterocycles. The third kappa shape index (κ3) is 2.64. The van der Waals surface area contributed by atoms with E-state index in [0.29, 0.717) is 21.7 Å². The van der Waals surface area contributed by atoms with Crippen LogP contribution in [0.15, 0.2) is 24.3 Å². The first-order valence-electron chi connectivity index (χ1n) is 13.3. The molecular weight excluding hydrogens is 360 g/mol. The Bertz CT molecular complexity index is 688. The van der Waals surface area contributed by atoms with Crippen molar-refractivity contribution < 1.29 is 0 Å². The van der Waals surface area contributed by atoms with E-state index >= 15 is 0 Å². The van der Waals surface area contributed by atoms with Crippen molar-refractivity contribution in [2.24, 2.45) is 57.2 Å². The van der Waals surface area contributed by atoms with E-state index in [1.807, 2.05) is 0 Å². The minimum absolute atomic E-state index is 0.515. The Labute approximate surface area is 187 Å². The molecule has 30 heavy (non-hydrogen) atoms. The molecule has 0 aromatic rings. The normalized spacial score (nSPS) is 51.9. The van der Waals surface area contributed by atoms with E-state index in [-0.39, 0.29) is 0 Å². The van der Waals surface area contributed by atoms with E-state index < -0.39 is 0 Å². The first-order valence-corrected chi connectivity index (χ1v) is 13.3. The maximum absolute atomic E-state index is 4.46. The van der Waals surface area contributed by atoms with Crippen LogP contribution in [0.1, 0.15) is 106 Å². The van der Waals surface area contributed by atoms with Crippen LogP contribution in [0.25, 0.3) is 0 Å². The molecule has 0 N–H and O–H groups in total. The van der Waals surface area contributed by atoms with Gasteiger partial charge in [-0.3, -0.25) is 0 Å². The van der Waals surface area contributed by atoms with E-state index in [9.17, 15) is 0 Å². The lowest BCUT2D eigenvalue weighted by Crippen LogP contribution is -2.28. The van der Waals surface area contributed by atoms with Crippen molar-refractivity contribution in [1.82, 2.24) is 0 Å². The largest absolute Gasteiger partial charge is 0.0990 e. The average Bonchev–Trinajstić information content (AvgIpc) is 3.35. The smallest absolute Gasteiger partial charge is 0.00849 e. The molecule has 8 bridgehead atoms. The third-order valence-corrected chi connectivity index (χ3v) is 12.1. The Morgan fingerprint density at radius 3 is 1.30 bits per heavy atom. The molecule has 0 aromatic carbocycles. The molecule has 0 saturated heterocycles. The number of allylic oxidation sites excluding steroid dienone is 2. The minimum Gasteiger partial charge on any atom is -0.0990 e. The quantitative estimate of drug-likeness (QED) is 0.351. The van der Waals surface area contributed by atoms with Crippen LogP contribution in [0.5, 0.6) is 0 Å². The lowest BCUT2D eigenvalue weighted by molar-refractivity contribution is 0.141. The summed E-state index contributed by atoms with van der Waals surface area (Å²) in [6.45, 7) is 24.0. The van der Waals surface area contributed by atoms with Gasteiger partial charge in [0.15, 0.2) is 0 Å². The van der Waals surface area contributed by atoms with Crippen LogP contribution in [0.2, 0.25) is 0 Å². The van der Waals surface area contributed by atoms with Crippen LogP contribution in [0.4, 0.5) is 0 Å². The fraction of sp³-hybridized carbons (Fsp3) is 0.867. The Kier molecular flexibility index (Phi) is 4.63. The van der Waals surface area contributed by atoms with Crippen LogP contribution in [-0.4, -0.2) is 0 Å². The highest BCUT2D eigenvalue weighted by Crippen LogP contribution is 2.71. The average molecular weight is 409 g/mol.